The molecule has 0 unspecified atom stereocenters. The first-order valence-electron chi connectivity index (χ1n) is 16.1. The lowest BCUT2D eigenvalue weighted by Crippen LogP contribution is -2.05. The molecule has 234 valence electrons. The van der Waals surface area contributed by atoms with Crippen molar-refractivity contribution < 1.29 is 27.4 Å². The van der Waals surface area contributed by atoms with E-state index in [4.69, 9.17) is 9.47 Å². The van der Waals surface area contributed by atoms with E-state index in [-0.39, 0.29) is 11.1 Å². The molecule has 0 radical (unpaired) electrons. The quantitative estimate of drug-likeness (QED) is 0.0560. The van der Waals surface area contributed by atoms with Crippen LogP contribution >= 0.6 is 0 Å². The zero-order chi connectivity index (χ0) is 30.5. The van der Waals surface area contributed by atoms with Gasteiger partial charge in [-0.1, -0.05) is 122 Å². The third-order valence-electron chi connectivity index (χ3n) is 7.45. The average Bonchev–Trinajstić information content (AvgIpc) is 2.98. The summed E-state index contributed by atoms with van der Waals surface area (Å²) < 4.78 is 51.9. The van der Waals surface area contributed by atoms with Crippen LogP contribution in [-0.2, 0) is 11.0 Å². The summed E-state index contributed by atoms with van der Waals surface area (Å²) in [4.78, 5) is 11.9. The Kier molecular flexibility index (Phi) is 17.7. The number of unbranched alkanes of at least 4 members (excludes halogenated alkanes) is 14. The van der Waals surface area contributed by atoms with Crippen LogP contribution in [0.25, 0.3) is 11.6 Å². The first-order chi connectivity index (χ1) is 20.4. The summed E-state index contributed by atoms with van der Waals surface area (Å²) in [5.41, 5.74) is 0.269. The van der Waals surface area contributed by atoms with E-state index in [1.54, 1.807) is 6.08 Å². The second-order valence-electron chi connectivity index (χ2n) is 11.1. The van der Waals surface area contributed by atoms with Crippen molar-refractivity contribution in [1.29, 1.82) is 0 Å². The van der Waals surface area contributed by atoms with Crippen molar-refractivity contribution in [1.82, 2.24) is 0 Å². The largest absolute Gasteiger partial charge is 0.490 e. The number of carbonyl (C=O) groups excluding carboxylic acids is 1. The number of hydrogen-bond donors (Lipinski definition) is 0. The predicted octanol–water partition coefficient (Wildman–Crippen LogP) is 11.5. The van der Waals surface area contributed by atoms with Crippen LogP contribution in [0.5, 0.6) is 11.5 Å². The highest BCUT2D eigenvalue weighted by Crippen LogP contribution is 2.33. The summed E-state index contributed by atoms with van der Waals surface area (Å²) in [7, 11) is 0. The highest BCUT2D eigenvalue weighted by atomic mass is 19.4. The van der Waals surface area contributed by atoms with Crippen LogP contribution < -0.4 is 9.47 Å². The van der Waals surface area contributed by atoms with Gasteiger partial charge in [0.1, 0.15) is 0 Å². The van der Waals surface area contributed by atoms with Crippen molar-refractivity contribution >= 4 is 17.9 Å². The van der Waals surface area contributed by atoms with Crippen LogP contribution in [0, 0.1) is 0 Å². The third kappa shape index (κ3) is 14.4. The molecule has 6 heteroatoms. The van der Waals surface area contributed by atoms with Gasteiger partial charge in [0.05, 0.1) is 18.8 Å². The molecule has 0 fully saturated rings. The van der Waals surface area contributed by atoms with Gasteiger partial charge in [-0.3, -0.25) is 4.79 Å². The van der Waals surface area contributed by atoms with Crippen LogP contribution in [0.3, 0.4) is 0 Å². The number of allylic oxidation sites excluding steroid dienone is 1. The van der Waals surface area contributed by atoms with Gasteiger partial charge in [0, 0.05) is 5.57 Å². The van der Waals surface area contributed by atoms with Gasteiger partial charge >= 0.3 is 6.18 Å². The van der Waals surface area contributed by atoms with Crippen LogP contribution in [0.1, 0.15) is 133 Å². The first-order valence-corrected chi connectivity index (χ1v) is 16.1. The van der Waals surface area contributed by atoms with Gasteiger partial charge < -0.3 is 9.47 Å². The van der Waals surface area contributed by atoms with Crippen molar-refractivity contribution in [2.24, 2.45) is 0 Å². The molecule has 2 rings (SSSR count). The Morgan fingerprint density at radius 2 is 1.19 bits per heavy atom. The normalized spacial score (nSPS) is 12.0. The minimum Gasteiger partial charge on any atom is -0.490 e. The summed E-state index contributed by atoms with van der Waals surface area (Å²) in [6.45, 7) is 5.61. The summed E-state index contributed by atoms with van der Waals surface area (Å²) in [5.74, 6) is 1.25. The lowest BCUT2D eigenvalue weighted by molar-refractivity contribution is -0.137. The molecule has 0 aromatic heterocycles. The minimum absolute atomic E-state index is 0.169. The predicted molar refractivity (Wildman–Crippen MR) is 168 cm³/mol. The average molecular weight is 589 g/mol. The number of rotatable bonds is 23. The number of hydrogen-bond acceptors (Lipinski definition) is 3. The fourth-order valence-electron chi connectivity index (χ4n) is 4.92. The topological polar surface area (TPSA) is 35.5 Å². The van der Waals surface area contributed by atoms with E-state index in [1.807, 2.05) is 18.2 Å². The van der Waals surface area contributed by atoms with E-state index < -0.39 is 11.7 Å². The SMILES string of the molecule is CCCCCCCCCCOc1ccc(C=C(C=O)c2cccc(C(F)(F)F)c2)cc1OCCCCCCCCCC. The Labute approximate surface area is 251 Å². The standard InChI is InChI=1S/C36H51F3O3/c1-3-5-7-9-11-13-15-17-24-41-34-23-22-30(27-35(34)42-25-18-16-14-12-10-8-6-4-2)26-32(29-40)31-20-19-21-33(28-31)36(37,38)39/h19-23,26-29H,3-18,24-25H2,1-2H3. The second-order valence-corrected chi connectivity index (χ2v) is 11.1. The third-order valence-corrected chi connectivity index (χ3v) is 7.45. The monoisotopic (exact) mass is 588 g/mol. The summed E-state index contributed by atoms with van der Waals surface area (Å²) in [5, 5.41) is 0. The second kappa shape index (κ2) is 21.0. The van der Waals surface area contributed by atoms with Crippen molar-refractivity contribution in [3.8, 4) is 11.5 Å². The molecule has 0 aliphatic rings. The molecule has 0 N–H and O–H groups in total. The Bertz CT molecular complexity index is 1050. The molecule has 0 saturated carbocycles. The maximum absolute atomic E-state index is 13.2. The maximum atomic E-state index is 13.2. The fraction of sp³-hybridized carbons (Fsp3) is 0.583. The van der Waals surface area contributed by atoms with Crippen molar-refractivity contribution in [2.75, 3.05) is 13.2 Å². The van der Waals surface area contributed by atoms with Crippen LogP contribution in [-0.4, -0.2) is 19.5 Å². The Balaban J connectivity index is 2.04. The fourth-order valence-corrected chi connectivity index (χ4v) is 4.92. The molecule has 0 spiro atoms. The summed E-state index contributed by atoms with van der Waals surface area (Å²) in [6, 6.07) is 10.3. The van der Waals surface area contributed by atoms with E-state index in [1.165, 1.54) is 89.2 Å². The summed E-state index contributed by atoms with van der Waals surface area (Å²) >= 11 is 0. The molecule has 2 aromatic carbocycles. The maximum Gasteiger partial charge on any atom is 0.416 e. The van der Waals surface area contributed by atoms with E-state index >= 15 is 0 Å². The lowest BCUT2D eigenvalue weighted by Gasteiger charge is -2.14. The molecule has 0 bridgehead atoms. The number of carbonyl (C=O) groups is 1. The highest BCUT2D eigenvalue weighted by Gasteiger charge is 2.30. The zero-order valence-corrected chi connectivity index (χ0v) is 25.8. The molecule has 0 aliphatic carbocycles. The van der Waals surface area contributed by atoms with Crippen LogP contribution in [0.15, 0.2) is 42.5 Å². The molecule has 0 heterocycles. The van der Waals surface area contributed by atoms with Crippen LogP contribution in [0.2, 0.25) is 0 Å². The number of ether oxygens (including phenoxy) is 2. The van der Waals surface area contributed by atoms with E-state index in [0.717, 1.165) is 37.8 Å². The van der Waals surface area contributed by atoms with Gasteiger partial charge in [-0.2, -0.15) is 13.2 Å². The molecular formula is C36H51F3O3. The Hall–Kier alpha value is -2.76. The number of aldehydes is 1. The van der Waals surface area contributed by atoms with Gasteiger partial charge in [0.2, 0.25) is 0 Å². The highest BCUT2D eigenvalue weighted by molar-refractivity contribution is 6.13. The molecule has 0 saturated heterocycles. The molecule has 0 atom stereocenters. The van der Waals surface area contributed by atoms with E-state index in [0.29, 0.717) is 36.6 Å². The Morgan fingerprint density at radius 1 is 0.667 bits per heavy atom. The van der Waals surface area contributed by atoms with Gasteiger partial charge in [0.15, 0.2) is 17.8 Å². The lowest BCUT2D eigenvalue weighted by atomic mass is 10.0. The zero-order valence-electron chi connectivity index (χ0n) is 25.8. The molecular weight excluding hydrogens is 537 g/mol. The molecule has 3 nitrogen and oxygen atoms in total. The van der Waals surface area contributed by atoms with Gasteiger partial charge in [-0.05, 0) is 54.3 Å². The van der Waals surface area contributed by atoms with E-state index in [2.05, 4.69) is 13.8 Å². The number of halogens is 3. The molecule has 42 heavy (non-hydrogen) atoms. The van der Waals surface area contributed by atoms with Crippen molar-refractivity contribution in [3.05, 3.63) is 59.2 Å². The van der Waals surface area contributed by atoms with E-state index in [9.17, 15) is 18.0 Å². The molecule has 0 amide bonds. The Morgan fingerprint density at radius 3 is 1.71 bits per heavy atom. The van der Waals surface area contributed by atoms with Gasteiger partial charge in [-0.25, -0.2) is 0 Å². The van der Waals surface area contributed by atoms with Gasteiger partial charge in [0.25, 0.3) is 0 Å². The molecule has 2 aromatic rings. The number of benzene rings is 2. The summed E-state index contributed by atoms with van der Waals surface area (Å²) in [6.07, 6.45) is 17.1. The van der Waals surface area contributed by atoms with Gasteiger partial charge in [-0.15, -0.1) is 0 Å². The molecule has 0 aliphatic heterocycles. The number of alkyl halides is 3. The van der Waals surface area contributed by atoms with Crippen molar-refractivity contribution in [3.63, 3.8) is 0 Å². The smallest absolute Gasteiger partial charge is 0.416 e. The first kappa shape index (κ1) is 35.4. The van der Waals surface area contributed by atoms with Crippen molar-refractivity contribution in [2.45, 2.75) is 123 Å². The minimum atomic E-state index is -4.48. The van der Waals surface area contributed by atoms with Crippen LogP contribution in [0.4, 0.5) is 13.2 Å².